The Labute approximate surface area is 64.1 Å². The fourth-order valence-electron chi connectivity index (χ4n) is 1.61. The van der Waals surface area contributed by atoms with Crippen LogP contribution in [0.1, 0.15) is 28.2 Å². The molecule has 1 aliphatic carbocycles. The number of aromatic nitrogens is 1. The first-order valence-electron chi connectivity index (χ1n) is 3.71. The van der Waals surface area contributed by atoms with E-state index in [4.69, 9.17) is 0 Å². The van der Waals surface area contributed by atoms with Gasteiger partial charge in [0.05, 0.1) is 0 Å². The summed E-state index contributed by atoms with van der Waals surface area (Å²) >= 11 is 0. The summed E-state index contributed by atoms with van der Waals surface area (Å²) in [6.07, 6.45) is 3.59. The number of aldehydes is 1. The molecule has 0 fully saturated rings. The molecule has 58 valence electrons. The maximum absolute atomic E-state index is 10.3. The largest absolute Gasteiger partial charge is 0.505 e. The molecule has 0 unspecified atom stereocenters. The summed E-state index contributed by atoms with van der Waals surface area (Å²) in [4.78, 5) is 13.2. The molecular weight excluding hydrogens is 142 g/mol. The van der Waals surface area contributed by atoms with Gasteiger partial charge >= 0.3 is 0 Å². The van der Waals surface area contributed by atoms with Crippen LogP contribution in [0.15, 0.2) is 0 Å². The van der Waals surface area contributed by atoms with E-state index in [0.29, 0.717) is 12.0 Å². The Kier molecular flexibility index (Phi) is 1.24. The first-order valence-corrected chi connectivity index (χ1v) is 3.71. The minimum Gasteiger partial charge on any atom is -0.505 e. The lowest BCUT2D eigenvalue weighted by atomic mass is 10.2. The van der Waals surface area contributed by atoms with Crippen molar-refractivity contribution >= 4 is 6.29 Å². The van der Waals surface area contributed by atoms with Gasteiger partial charge in [0.1, 0.15) is 11.4 Å². The highest BCUT2D eigenvalue weighted by Crippen LogP contribution is 2.31. The third-order valence-electron chi connectivity index (χ3n) is 2.16. The van der Waals surface area contributed by atoms with E-state index in [1.54, 1.807) is 0 Å². The van der Waals surface area contributed by atoms with Crippen molar-refractivity contribution in [2.45, 2.75) is 19.3 Å². The topological polar surface area (TPSA) is 53.1 Å². The van der Waals surface area contributed by atoms with Crippen LogP contribution < -0.4 is 0 Å². The lowest BCUT2D eigenvalue weighted by Gasteiger charge is -1.89. The highest BCUT2D eigenvalue weighted by Gasteiger charge is 2.20. The van der Waals surface area contributed by atoms with Crippen LogP contribution in [0, 0.1) is 0 Å². The zero-order valence-corrected chi connectivity index (χ0v) is 6.05. The number of H-pyrrole nitrogens is 1. The number of aromatic hydroxyl groups is 1. The highest BCUT2D eigenvalue weighted by atomic mass is 16.3. The van der Waals surface area contributed by atoms with Crippen molar-refractivity contribution in [2.75, 3.05) is 0 Å². The molecule has 0 saturated carbocycles. The van der Waals surface area contributed by atoms with Crippen molar-refractivity contribution in [1.82, 2.24) is 4.98 Å². The summed E-state index contributed by atoms with van der Waals surface area (Å²) in [5, 5.41) is 9.39. The van der Waals surface area contributed by atoms with Crippen molar-refractivity contribution in [3.8, 4) is 5.75 Å². The number of aryl methyl sites for hydroxylation is 1. The Morgan fingerprint density at radius 3 is 2.91 bits per heavy atom. The second-order valence-corrected chi connectivity index (χ2v) is 2.82. The summed E-state index contributed by atoms with van der Waals surface area (Å²) < 4.78 is 0. The Bertz CT molecular complexity index is 301. The Hall–Kier alpha value is -1.25. The molecule has 0 spiro atoms. The molecular formula is C8H9NO2. The molecule has 2 N–H and O–H groups in total. The van der Waals surface area contributed by atoms with Crippen LogP contribution >= 0.6 is 0 Å². The van der Waals surface area contributed by atoms with Crippen LogP contribution in [0.25, 0.3) is 0 Å². The summed E-state index contributed by atoms with van der Waals surface area (Å²) in [5.74, 6) is 0.160. The molecule has 1 aliphatic rings. The average molecular weight is 151 g/mol. The molecule has 2 rings (SSSR count). The van der Waals surface area contributed by atoms with Gasteiger partial charge in [-0.25, -0.2) is 0 Å². The van der Waals surface area contributed by atoms with E-state index in [1.165, 1.54) is 0 Å². The van der Waals surface area contributed by atoms with Crippen molar-refractivity contribution in [3.05, 3.63) is 17.0 Å². The van der Waals surface area contributed by atoms with Gasteiger partial charge in [0, 0.05) is 11.3 Å². The summed E-state index contributed by atoms with van der Waals surface area (Å²) in [7, 11) is 0. The van der Waals surface area contributed by atoms with Gasteiger partial charge < -0.3 is 10.1 Å². The van der Waals surface area contributed by atoms with Crippen LogP contribution in [0.2, 0.25) is 0 Å². The molecule has 1 aromatic rings. The number of hydrogen-bond acceptors (Lipinski definition) is 2. The molecule has 1 aromatic heterocycles. The molecule has 0 aliphatic heterocycles. The highest BCUT2D eigenvalue weighted by molar-refractivity contribution is 5.78. The molecule has 1 heterocycles. The van der Waals surface area contributed by atoms with Crippen molar-refractivity contribution in [1.29, 1.82) is 0 Å². The normalized spacial score (nSPS) is 14.9. The van der Waals surface area contributed by atoms with Crippen molar-refractivity contribution in [3.63, 3.8) is 0 Å². The van der Waals surface area contributed by atoms with E-state index in [1.807, 2.05) is 0 Å². The Balaban J connectivity index is 2.57. The molecule has 0 aromatic carbocycles. The maximum Gasteiger partial charge on any atom is 0.170 e. The zero-order valence-electron chi connectivity index (χ0n) is 6.05. The van der Waals surface area contributed by atoms with Gasteiger partial charge in [0.2, 0.25) is 0 Å². The van der Waals surface area contributed by atoms with Crippen LogP contribution in [-0.4, -0.2) is 16.4 Å². The molecule has 0 bridgehead atoms. The number of aromatic amines is 1. The molecule has 0 atom stereocenters. The minimum atomic E-state index is 0.160. The first-order chi connectivity index (χ1) is 5.33. The standard InChI is InChI=1S/C8H9NO2/c10-4-7-8(11)5-2-1-3-6(5)9-7/h4,9,11H,1-3H2. The Morgan fingerprint density at radius 2 is 2.27 bits per heavy atom. The van der Waals surface area contributed by atoms with Crippen LogP contribution in [-0.2, 0) is 12.8 Å². The van der Waals surface area contributed by atoms with Crippen LogP contribution in [0.3, 0.4) is 0 Å². The Morgan fingerprint density at radius 1 is 1.45 bits per heavy atom. The van der Waals surface area contributed by atoms with Gasteiger partial charge in [-0.1, -0.05) is 0 Å². The molecule has 0 saturated heterocycles. The second kappa shape index (κ2) is 2.12. The maximum atomic E-state index is 10.3. The molecule has 3 nitrogen and oxygen atoms in total. The first kappa shape index (κ1) is 6.46. The fourth-order valence-corrected chi connectivity index (χ4v) is 1.61. The molecule has 11 heavy (non-hydrogen) atoms. The third-order valence-corrected chi connectivity index (χ3v) is 2.16. The van der Waals surface area contributed by atoms with Crippen molar-refractivity contribution < 1.29 is 9.90 Å². The molecule has 0 radical (unpaired) electrons. The van der Waals surface area contributed by atoms with Gasteiger partial charge in [0.25, 0.3) is 0 Å². The number of hydrogen-bond donors (Lipinski definition) is 2. The van der Waals surface area contributed by atoms with E-state index in [2.05, 4.69) is 4.98 Å². The quantitative estimate of drug-likeness (QED) is 0.589. The lowest BCUT2D eigenvalue weighted by Crippen LogP contribution is -1.82. The smallest absolute Gasteiger partial charge is 0.170 e. The molecule has 0 amide bonds. The van der Waals surface area contributed by atoms with E-state index >= 15 is 0 Å². The van der Waals surface area contributed by atoms with E-state index < -0.39 is 0 Å². The lowest BCUT2D eigenvalue weighted by molar-refractivity contribution is 0.111. The SMILES string of the molecule is O=Cc1[nH]c2c(c1O)CCC2. The monoisotopic (exact) mass is 151 g/mol. The predicted molar refractivity (Wildman–Crippen MR) is 39.9 cm³/mol. The van der Waals surface area contributed by atoms with Gasteiger partial charge in [-0.2, -0.15) is 0 Å². The fraction of sp³-hybridized carbons (Fsp3) is 0.375. The van der Waals surface area contributed by atoms with Crippen LogP contribution in [0.5, 0.6) is 5.75 Å². The van der Waals surface area contributed by atoms with Crippen molar-refractivity contribution in [2.24, 2.45) is 0 Å². The van der Waals surface area contributed by atoms with Gasteiger partial charge in [-0.15, -0.1) is 0 Å². The number of carbonyl (C=O) groups excluding carboxylic acids is 1. The van der Waals surface area contributed by atoms with E-state index in [9.17, 15) is 9.90 Å². The number of rotatable bonds is 1. The number of nitrogens with one attached hydrogen (secondary N) is 1. The van der Waals surface area contributed by atoms with Gasteiger partial charge in [-0.05, 0) is 19.3 Å². The molecule has 3 heteroatoms. The summed E-state index contributed by atoms with van der Waals surface area (Å²) in [6, 6.07) is 0. The van der Waals surface area contributed by atoms with E-state index in [-0.39, 0.29) is 5.75 Å². The number of fused-ring (bicyclic) bond motifs is 1. The second-order valence-electron chi connectivity index (χ2n) is 2.82. The predicted octanol–water partition coefficient (Wildman–Crippen LogP) is 1.02. The van der Waals surface area contributed by atoms with Gasteiger partial charge in [0.15, 0.2) is 6.29 Å². The van der Waals surface area contributed by atoms with Crippen LogP contribution in [0.4, 0.5) is 0 Å². The zero-order chi connectivity index (χ0) is 7.84. The summed E-state index contributed by atoms with van der Waals surface area (Å²) in [6.45, 7) is 0. The van der Waals surface area contributed by atoms with Gasteiger partial charge in [-0.3, -0.25) is 4.79 Å². The average Bonchev–Trinajstić information content (AvgIpc) is 2.53. The summed E-state index contributed by atoms with van der Waals surface area (Å²) in [5.41, 5.74) is 2.30. The minimum absolute atomic E-state index is 0.160. The third kappa shape index (κ3) is 0.770. The van der Waals surface area contributed by atoms with E-state index in [0.717, 1.165) is 30.5 Å². The number of carbonyl (C=O) groups is 1.